The van der Waals surface area contributed by atoms with Crippen LogP contribution in [0, 0.1) is 10.1 Å². The lowest BCUT2D eigenvalue weighted by atomic mass is 10.1. The number of carbonyl (C=O) groups excluding carboxylic acids is 1. The largest absolute Gasteiger partial charge is 0.350 e. The van der Waals surface area contributed by atoms with Crippen LogP contribution in [0.25, 0.3) is 0 Å². The van der Waals surface area contributed by atoms with Gasteiger partial charge in [-0.2, -0.15) is 0 Å². The second-order valence-corrected chi connectivity index (χ2v) is 3.59. The fourth-order valence-electron chi connectivity index (χ4n) is 1.17. The minimum atomic E-state index is -0.514. The fraction of sp³-hybridized carbons (Fsp3) is 0.364. The van der Waals surface area contributed by atoms with Gasteiger partial charge in [-0.3, -0.25) is 14.9 Å². The summed E-state index contributed by atoms with van der Waals surface area (Å²) in [5, 5.41) is 13.3. The van der Waals surface area contributed by atoms with Gasteiger partial charge in [0.2, 0.25) is 0 Å². The molecule has 16 heavy (non-hydrogen) atoms. The molecule has 5 nitrogen and oxygen atoms in total. The van der Waals surface area contributed by atoms with Crippen LogP contribution in [0.3, 0.4) is 0 Å². The van der Waals surface area contributed by atoms with Crippen molar-refractivity contribution in [1.29, 1.82) is 0 Å². The summed E-state index contributed by atoms with van der Waals surface area (Å²) in [4.78, 5) is 21.7. The molecule has 0 aliphatic carbocycles. The van der Waals surface area contributed by atoms with Crippen LogP contribution in [0.1, 0.15) is 30.6 Å². The van der Waals surface area contributed by atoms with Crippen LogP contribution in [-0.4, -0.2) is 16.9 Å². The third-order valence-electron chi connectivity index (χ3n) is 2.31. The van der Waals surface area contributed by atoms with Crippen LogP contribution in [0.15, 0.2) is 24.3 Å². The molecule has 0 fully saturated rings. The molecule has 0 spiro atoms. The topological polar surface area (TPSA) is 72.2 Å². The first-order chi connectivity index (χ1) is 7.54. The number of nitro groups is 1. The molecule has 86 valence electrons. The third-order valence-corrected chi connectivity index (χ3v) is 2.31. The summed E-state index contributed by atoms with van der Waals surface area (Å²) in [6.45, 7) is 3.84. The number of amides is 1. The van der Waals surface area contributed by atoms with E-state index in [1.54, 1.807) is 6.07 Å². The van der Waals surface area contributed by atoms with Crippen LogP contribution < -0.4 is 5.32 Å². The zero-order valence-electron chi connectivity index (χ0n) is 9.27. The molecule has 0 saturated heterocycles. The van der Waals surface area contributed by atoms with Crippen LogP contribution in [0.5, 0.6) is 0 Å². The number of nitrogens with one attached hydrogen (secondary N) is 1. The molecule has 1 aromatic carbocycles. The Hall–Kier alpha value is -1.91. The molecular weight excluding hydrogens is 208 g/mol. The van der Waals surface area contributed by atoms with Crippen molar-refractivity contribution in [2.75, 3.05) is 0 Å². The first-order valence-corrected chi connectivity index (χ1v) is 5.10. The number of carbonyl (C=O) groups is 1. The van der Waals surface area contributed by atoms with E-state index in [9.17, 15) is 14.9 Å². The zero-order chi connectivity index (χ0) is 12.1. The van der Waals surface area contributed by atoms with Gasteiger partial charge in [0.25, 0.3) is 11.6 Å². The summed E-state index contributed by atoms with van der Waals surface area (Å²) in [6.07, 6.45) is 0.820. The normalized spacial score (nSPS) is 11.9. The van der Waals surface area contributed by atoms with Gasteiger partial charge < -0.3 is 5.32 Å². The molecule has 0 aliphatic rings. The Morgan fingerprint density at radius 3 is 2.81 bits per heavy atom. The quantitative estimate of drug-likeness (QED) is 0.626. The van der Waals surface area contributed by atoms with Gasteiger partial charge in [0.05, 0.1) is 4.92 Å². The number of non-ortho nitro benzene ring substituents is 1. The first-order valence-electron chi connectivity index (χ1n) is 5.10. The van der Waals surface area contributed by atoms with Gasteiger partial charge in [-0.05, 0) is 19.4 Å². The van der Waals surface area contributed by atoms with Crippen molar-refractivity contribution < 1.29 is 9.72 Å². The Balaban J connectivity index is 2.83. The standard InChI is InChI=1S/C11H14N2O3/c1-3-8(2)12-11(14)9-5-4-6-10(7-9)13(15)16/h4-8H,3H2,1-2H3,(H,12,14)/t8-/m0/s1. The van der Waals surface area contributed by atoms with E-state index in [1.165, 1.54) is 18.2 Å². The van der Waals surface area contributed by atoms with Crippen molar-refractivity contribution in [3.8, 4) is 0 Å². The number of rotatable bonds is 4. The van der Waals surface area contributed by atoms with E-state index in [0.717, 1.165) is 6.42 Å². The third kappa shape index (κ3) is 3.05. The SMILES string of the molecule is CC[C@H](C)NC(=O)c1cccc([N+](=O)[O-])c1. The maximum Gasteiger partial charge on any atom is 0.270 e. The number of nitrogens with zero attached hydrogens (tertiary/aromatic N) is 1. The Kier molecular flexibility index (Phi) is 3.99. The van der Waals surface area contributed by atoms with Crippen molar-refractivity contribution in [1.82, 2.24) is 5.32 Å². The number of benzene rings is 1. The number of nitro benzene ring substituents is 1. The molecule has 1 rings (SSSR count). The van der Waals surface area contributed by atoms with Crippen LogP contribution in [0.2, 0.25) is 0 Å². The van der Waals surface area contributed by atoms with Crippen molar-refractivity contribution in [2.45, 2.75) is 26.3 Å². The van der Waals surface area contributed by atoms with Gasteiger partial charge in [0.1, 0.15) is 0 Å². The van der Waals surface area contributed by atoms with E-state index < -0.39 is 4.92 Å². The second-order valence-electron chi connectivity index (χ2n) is 3.59. The first kappa shape index (κ1) is 12.2. The van der Waals surface area contributed by atoms with Crippen molar-refractivity contribution in [3.05, 3.63) is 39.9 Å². The smallest absolute Gasteiger partial charge is 0.270 e. The molecule has 0 saturated carbocycles. The molecule has 0 radical (unpaired) electrons. The summed E-state index contributed by atoms with van der Waals surface area (Å²) in [6, 6.07) is 5.76. The van der Waals surface area contributed by atoms with Crippen LogP contribution >= 0.6 is 0 Å². The maximum atomic E-state index is 11.7. The minimum absolute atomic E-state index is 0.0618. The molecule has 1 N–H and O–H groups in total. The minimum Gasteiger partial charge on any atom is -0.350 e. The summed E-state index contributed by atoms with van der Waals surface area (Å²) in [7, 11) is 0. The predicted octanol–water partition coefficient (Wildman–Crippen LogP) is 2.12. The average molecular weight is 222 g/mol. The van der Waals surface area contributed by atoms with Gasteiger partial charge in [0.15, 0.2) is 0 Å². The average Bonchev–Trinajstić information content (AvgIpc) is 2.28. The van der Waals surface area contributed by atoms with Gasteiger partial charge in [-0.15, -0.1) is 0 Å². The molecule has 0 aliphatic heterocycles. The lowest BCUT2D eigenvalue weighted by Gasteiger charge is -2.10. The van der Waals surface area contributed by atoms with E-state index >= 15 is 0 Å². The van der Waals surface area contributed by atoms with Crippen molar-refractivity contribution in [2.24, 2.45) is 0 Å². The molecule has 1 aromatic rings. The van der Waals surface area contributed by atoms with E-state index in [4.69, 9.17) is 0 Å². The molecule has 0 unspecified atom stereocenters. The Morgan fingerprint density at radius 2 is 2.25 bits per heavy atom. The van der Waals surface area contributed by atoms with Crippen molar-refractivity contribution >= 4 is 11.6 Å². The Morgan fingerprint density at radius 1 is 1.56 bits per heavy atom. The van der Waals surface area contributed by atoms with Crippen LogP contribution in [0.4, 0.5) is 5.69 Å². The van der Waals surface area contributed by atoms with E-state index in [2.05, 4.69) is 5.32 Å². The zero-order valence-corrected chi connectivity index (χ0v) is 9.27. The van der Waals surface area contributed by atoms with Gasteiger partial charge >= 0.3 is 0 Å². The monoisotopic (exact) mass is 222 g/mol. The van der Waals surface area contributed by atoms with Gasteiger partial charge in [-0.1, -0.05) is 13.0 Å². The predicted molar refractivity (Wildman–Crippen MR) is 60.3 cm³/mol. The van der Waals surface area contributed by atoms with Crippen LogP contribution in [-0.2, 0) is 0 Å². The second kappa shape index (κ2) is 5.25. The van der Waals surface area contributed by atoms with E-state index in [1.807, 2.05) is 13.8 Å². The lowest BCUT2D eigenvalue weighted by molar-refractivity contribution is -0.384. The molecule has 1 atom stereocenters. The Labute approximate surface area is 93.6 Å². The fourth-order valence-corrected chi connectivity index (χ4v) is 1.17. The maximum absolute atomic E-state index is 11.7. The molecule has 0 heterocycles. The Bertz CT molecular complexity index is 404. The molecule has 5 heteroatoms. The van der Waals surface area contributed by atoms with Gasteiger partial charge in [-0.25, -0.2) is 0 Å². The highest BCUT2D eigenvalue weighted by atomic mass is 16.6. The number of hydrogen-bond acceptors (Lipinski definition) is 3. The molecule has 0 aromatic heterocycles. The molecular formula is C11H14N2O3. The highest BCUT2D eigenvalue weighted by Gasteiger charge is 2.12. The van der Waals surface area contributed by atoms with E-state index in [0.29, 0.717) is 5.56 Å². The molecule has 0 bridgehead atoms. The summed E-state index contributed by atoms with van der Waals surface area (Å²) < 4.78 is 0. The molecule has 1 amide bonds. The summed E-state index contributed by atoms with van der Waals surface area (Å²) in [5.74, 6) is -0.280. The lowest BCUT2D eigenvalue weighted by Crippen LogP contribution is -2.31. The van der Waals surface area contributed by atoms with Crippen molar-refractivity contribution in [3.63, 3.8) is 0 Å². The highest BCUT2D eigenvalue weighted by Crippen LogP contribution is 2.13. The summed E-state index contributed by atoms with van der Waals surface area (Å²) in [5.41, 5.74) is 0.242. The summed E-state index contributed by atoms with van der Waals surface area (Å²) >= 11 is 0. The number of hydrogen-bond donors (Lipinski definition) is 1. The highest BCUT2D eigenvalue weighted by molar-refractivity contribution is 5.94. The van der Waals surface area contributed by atoms with E-state index in [-0.39, 0.29) is 17.6 Å². The van der Waals surface area contributed by atoms with Gasteiger partial charge in [0, 0.05) is 23.7 Å².